The lowest BCUT2D eigenvalue weighted by Crippen LogP contribution is -2.33. The first-order chi connectivity index (χ1) is 11.1. The zero-order valence-corrected chi connectivity index (χ0v) is 16.4. The second-order valence-electron chi connectivity index (χ2n) is 6.39. The predicted molar refractivity (Wildman–Crippen MR) is 99.0 cm³/mol. The van der Waals surface area contributed by atoms with E-state index in [0.717, 1.165) is 42.4 Å². The lowest BCUT2D eigenvalue weighted by molar-refractivity contribution is -0.123. The van der Waals surface area contributed by atoms with Gasteiger partial charge in [-0.15, -0.1) is 12.4 Å². The van der Waals surface area contributed by atoms with E-state index < -0.39 is 0 Å². The Balaban J connectivity index is 0.00000208. The van der Waals surface area contributed by atoms with Crippen LogP contribution in [0.1, 0.15) is 24.8 Å². The van der Waals surface area contributed by atoms with E-state index in [9.17, 15) is 4.79 Å². The molecule has 1 aromatic rings. The van der Waals surface area contributed by atoms with Crippen LogP contribution in [0.25, 0.3) is 0 Å². The zero-order chi connectivity index (χ0) is 16.4. The molecule has 0 radical (unpaired) electrons. The van der Waals surface area contributed by atoms with Crippen molar-refractivity contribution in [2.75, 3.05) is 27.3 Å². The lowest BCUT2D eigenvalue weighted by atomic mass is 9.92. The Labute approximate surface area is 157 Å². The maximum absolute atomic E-state index is 12.4. The Morgan fingerprint density at radius 3 is 2.54 bits per heavy atom. The van der Waals surface area contributed by atoms with E-state index >= 15 is 0 Å². The highest BCUT2D eigenvalue weighted by atomic mass is 79.9. The van der Waals surface area contributed by atoms with Crippen molar-refractivity contribution in [2.45, 2.75) is 25.8 Å². The molecule has 1 spiro atoms. The minimum Gasteiger partial charge on any atom is -0.493 e. The van der Waals surface area contributed by atoms with Crippen molar-refractivity contribution >= 4 is 34.2 Å². The number of carbonyl (C=O) groups is 1. The molecule has 1 amide bonds. The second kappa shape index (κ2) is 7.93. The molecule has 3 rings (SSSR count). The van der Waals surface area contributed by atoms with E-state index in [-0.39, 0.29) is 29.6 Å². The summed E-state index contributed by atoms with van der Waals surface area (Å²) in [5.41, 5.74) is 1.25. The van der Waals surface area contributed by atoms with Crippen LogP contribution < -0.4 is 20.1 Å². The van der Waals surface area contributed by atoms with E-state index in [4.69, 9.17) is 9.47 Å². The molecular formula is C17H24BrClN2O3. The molecule has 1 saturated heterocycles. The molecule has 1 aliphatic carbocycles. The topological polar surface area (TPSA) is 59.6 Å². The summed E-state index contributed by atoms with van der Waals surface area (Å²) in [5.74, 6) is 1.70. The van der Waals surface area contributed by atoms with E-state index in [1.54, 1.807) is 14.2 Å². The molecule has 134 valence electrons. The van der Waals surface area contributed by atoms with Gasteiger partial charge in [0.2, 0.25) is 5.91 Å². The standard InChI is InChI=1S/C17H23BrN2O3.ClH/c1-22-14-7-11(13(18)8-15(14)23-2)10-20-16(21)12-9-17(12)3-5-19-6-4-17;/h7-8,12,19H,3-6,9-10H2,1-2H3,(H,20,21);1H. The van der Waals surface area contributed by atoms with Crippen LogP contribution in [0.3, 0.4) is 0 Å². The summed E-state index contributed by atoms with van der Waals surface area (Å²) in [5, 5.41) is 6.44. The molecule has 7 heteroatoms. The quantitative estimate of drug-likeness (QED) is 0.770. The monoisotopic (exact) mass is 418 g/mol. The van der Waals surface area contributed by atoms with E-state index in [1.807, 2.05) is 12.1 Å². The fourth-order valence-electron chi connectivity index (χ4n) is 3.53. The molecule has 1 saturated carbocycles. The van der Waals surface area contributed by atoms with Crippen molar-refractivity contribution in [3.05, 3.63) is 22.2 Å². The van der Waals surface area contributed by atoms with Gasteiger partial charge in [0, 0.05) is 16.9 Å². The average molecular weight is 420 g/mol. The number of piperidine rings is 1. The van der Waals surface area contributed by atoms with E-state index in [1.165, 1.54) is 0 Å². The summed E-state index contributed by atoms with van der Waals surface area (Å²) in [6, 6.07) is 3.77. The Kier molecular flexibility index (Phi) is 6.39. The van der Waals surface area contributed by atoms with Crippen molar-refractivity contribution in [3.63, 3.8) is 0 Å². The third kappa shape index (κ3) is 3.81. The van der Waals surface area contributed by atoms with Gasteiger partial charge in [-0.05, 0) is 55.5 Å². The summed E-state index contributed by atoms with van der Waals surface area (Å²) in [6.45, 7) is 2.56. The van der Waals surface area contributed by atoms with Crippen LogP contribution in [0, 0.1) is 11.3 Å². The molecule has 2 N–H and O–H groups in total. The highest BCUT2D eigenvalue weighted by Crippen LogP contribution is 2.58. The summed E-state index contributed by atoms with van der Waals surface area (Å²) in [6.07, 6.45) is 3.27. The average Bonchev–Trinajstić information content (AvgIpc) is 3.26. The van der Waals surface area contributed by atoms with Gasteiger partial charge in [0.25, 0.3) is 0 Å². The van der Waals surface area contributed by atoms with E-state index in [0.29, 0.717) is 18.0 Å². The zero-order valence-electron chi connectivity index (χ0n) is 14.0. The number of methoxy groups -OCH3 is 2. The number of ether oxygens (including phenoxy) is 2. The number of amides is 1. The number of hydrogen-bond donors (Lipinski definition) is 2. The van der Waals surface area contributed by atoms with Crippen LogP contribution in [0.5, 0.6) is 11.5 Å². The Bertz CT molecular complexity index is 606. The van der Waals surface area contributed by atoms with E-state index in [2.05, 4.69) is 26.6 Å². The van der Waals surface area contributed by atoms with Crippen LogP contribution in [0.4, 0.5) is 0 Å². The predicted octanol–water partition coefficient (Wildman–Crippen LogP) is 2.89. The summed E-state index contributed by atoms with van der Waals surface area (Å²) in [4.78, 5) is 12.4. The van der Waals surface area contributed by atoms with Crippen molar-refractivity contribution in [3.8, 4) is 11.5 Å². The van der Waals surface area contributed by atoms with Gasteiger partial charge in [0.15, 0.2) is 11.5 Å². The molecule has 0 aromatic heterocycles. The first kappa shape index (κ1) is 19.3. The molecule has 24 heavy (non-hydrogen) atoms. The normalized spacial score (nSPS) is 20.9. The Morgan fingerprint density at radius 2 is 1.92 bits per heavy atom. The SMILES string of the molecule is COc1cc(Br)c(CNC(=O)C2CC23CCNCC3)cc1OC.Cl. The Hall–Kier alpha value is -0.980. The first-order valence-electron chi connectivity index (χ1n) is 7.98. The molecule has 1 atom stereocenters. The molecule has 1 aromatic carbocycles. The number of benzene rings is 1. The van der Waals surface area contributed by atoms with Gasteiger partial charge in [-0.25, -0.2) is 0 Å². The van der Waals surface area contributed by atoms with Gasteiger partial charge in [-0.3, -0.25) is 4.79 Å². The first-order valence-corrected chi connectivity index (χ1v) is 8.78. The minimum atomic E-state index is 0. The van der Waals surface area contributed by atoms with Gasteiger partial charge in [0.1, 0.15) is 0 Å². The van der Waals surface area contributed by atoms with Crippen LogP contribution in [-0.2, 0) is 11.3 Å². The van der Waals surface area contributed by atoms with Crippen molar-refractivity contribution in [2.24, 2.45) is 11.3 Å². The van der Waals surface area contributed by atoms with Crippen molar-refractivity contribution in [1.29, 1.82) is 0 Å². The molecule has 2 aliphatic rings. The van der Waals surface area contributed by atoms with Crippen LogP contribution >= 0.6 is 28.3 Å². The molecule has 2 fully saturated rings. The van der Waals surface area contributed by atoms with Gasteiger partial charge < -0.3 is 20.1 Å². The summed E-state index contributed by atoms with van der Waals surface area (Å²) < 4.78 is 11.5. The smallest absolute Gasteiger partial charge is 0.223 e. The largest absolute Gasteiger partial charge is 0.493 e. The molecule has 1 heterocycles. The van der Waals surface area contributed by atoms with Crippen LogP contribution in [-0.4, -0.2) is 33.2 Å². The maximum Gasteiger partial charge on any atom is 0.223 e. The highest BCUT2D eigenvalue weighted by molar-refractivity contribution is 9.10. The summed E-state index contributed by atoms with van der Waals surface area (Å²) in [7, 11) is 3.22. The van der Waals surface area contributed by atoms with Crippen molar-refractivity contribution in [1.82, 2.24) is 10.6 Å². The van der Waals surface area contributed by atoms with Gasteiger partial charge in [-0.2, -0.15) is 0 Å². The van der Waals surface area contributed by atoms with Crippen LogP contribution in [0.2, 0.25) is 0 Å². The second-order valence-corrected chi connectivity index (χ2v) is 7.24. The van der Waals surface area contributed by atoms with Gasteiger partial charge in [-0.1, -0.05) is 15.9 Å². The molecule has 1 unspecified atom stereocenters. The van der Waals surface area contributed by atoms with Crippen LogP contribution in [0.15, 0.2) is 16.6 Å². The number of hydrogen-bond acceptors (Lipinski definition) is 4. The fourth-order valence-corrected chi connectivity index (χ4v) is 4.00. The minimum absolute atomic E-state index is 0. The molecular weight excluding hydrogens is 396 g/mol. The molecule has 1 aliphatic heterocycles. The number of halogens is 2. The molecule has 5 nitrogen and oxygen atoms in total. The third-order valence-electron chi connectivity index (χ3n) is 5.11. The number of nitrogens with one attached hydrogen (secondary N) is 2. The summed E-state index contributed by atoms with van der Waals surface area (Å²) >= 11 is 3.53. The highest BCUT2D eigenvalue weighted by Gasteiger charge is 2.57. The maximum atomic E-state index is 12.4. The fraction of sp³-hybridized carbons (Fsp3) is 0.588. The lowest BCUT2D eigenvalue weighted by Gasteiger charge is -2.23. The Morgan fingerprint density at radius 1 is 1.29 bits per heavy atom. The number of carbonyl (C=O) groups excluding carboxylic acids is 1. The van der Waals surface area contributed by atoms with Crippen molar-refractivity contribution < 1.29 is 14.3 Å². The third-order valence-corrected chi connectivity index (χ3v) is 5.85. The van der Waals surface area contributed by atoms with Gasteiger partial charge >= 0.3 is 0 Å². The van der Waals surface area contributed by atoms with Gasteiger partial charge in [0.05, 0.1) is 14.2 Å². The molecule has 0 bridgehead atoms. The number of rotatable bonds is 5.